The first-order valence-corrected chi connectivity index (χ1v) is 12.1. The maximum absolute atomic E-state index is 13.3. The molecule has 0 radical (unpaired) electrons. The van der Waals surface area contributed by atoms with Crippen LogP contribution in [0.5, 0.6) is 0 Å². The number of hydrogen-bond acceptors (Lipinski definition) is 5. The summed E-state index contributed by atoms with van der Waals surface area (Å²) in [6.45, 7) is 3.54. The molecule has 0 unspecified atom stereocenters. The SMILES string of the molecule is O=C(CN1C(=O)c2cccnc2Sc2ccccc21)NCCCN1CCc2ccccc2C1. The van der Waals surface area contributed by atoms with Gasteiger partial charge in [0.05, 0.1) is 11.3 Å². The fraction of sp³-hybridized carbons (Fsp3) is 0.269. The van der Waals surface area contributed by atoms with Crippen LogP contribution < -0.4 is 10.2 Å². The number of carbonyl (C=O) groups is 2. The fourth-order valence-corrected chi connectivity index (χ4v) is 5.41. The number of benzene rings is 2. The highest BCUT2D eigenvalue weighted by Gasteiger charge is 2.29. The van der Waals surface area contributed by atoms with Crippen molar-refractivity contribution in [1.82, 2.24) is 15.2 Å². The van der Waals surface area contributed by atoms with Crippen LogP contribution in [0.25, 0.3) is 0 Å². The zero-order valence-corrected chi connectivity index (χ0v) is 19.2. The molecule has 7 heteroatoms. The number of amides is 2. The smallest absolute Gasteiger partial charge is 0.261 e. The minimum absolute atomic E-state index is 0.0121. The number of aromatic nitrogens is 1. The molecule has 6 nitrogen and oxygen atoms in total. The number of hydrogen-bond donors (Lipinski definition) is 1. The van der Waals surface area contributed by atoms with Crippen molar-refractivity contribution in [2.24, 2.45) is 0 Å². The predicted octanol–water partition coefficient (Wildman–Crippen LogP) is 3.76. The predicted molar refractivity (Wildman–Crippen MR) is 130 cm³/mol. The van der Waals surface area contributed by atoms with Crippen molar-refractivity contribution in [2.45, 2.75) is 29.3 Å². The number of nitrogens with zero attached hydrogens (tertiary/aromatic N) is 3. The summed E-state index contributed by atoms with van der Waals surface area (Å²) in [5.41, 5.74) is 4.11. The molecule has 0 saturated carbocycles. The molecule has 0 aliphatic carbocycles. The Morgan fingerprint density at radius 2 is 1.85 bits per heavy atom. The largest absolute Gasteiger partial charge is 0.355 e. The second-order valence-corrected chi connectivity index (χ2v) is 9.35. The van der Waals surface area contributed by atoms with E-state index in [2.05, 4.69) is 39.5 Å². The summed E-state index contributed by atoms with van der Waals surface area (Å²) in [7, 11) is 0. The van der Waals surface area contributed by atoms with Crippen LogP contribution in [0, 0.1) is 0 Å². The molecule has 1 aromatic heterocycles. The van der Waals surface area contributed by atoms with Gasteiger partial charge < -0.3 is 5.32 Å². The molecule has 2 aliphatic heterocycles. The van der Waals surface area contributed by atoms with Crippen LogP contribution in [-0.4, -0.2) is 47.9 Å². The summed E-state index contributed by atoms with van der Waals surface area (Å²) in [4.78, 5) is 35.3. The normalized spacial score (nSPS) is 15.3. The standard InChI is InChI=1S/C26H26N4O2S/c31-24(27-14-6-15-29-16-12-19-7-1-2-8-20(19)17-29)18-30-22-10-3-4-11-23(22)33-25-21(26(30)32)9-5-13-28-25/h1-5,7-11,13H,6,12,14-18H2,(H,27,31). The molecule has 2 aromatic carbocycles. The van der Waals surface area contributed by atoms with E-state index in [0.29, 0.717) is 17.1 Å². The average Bonchev–Trinajstić information content (AvgIpc) is 2.96. The Morgan fingerprint density at radius 1 is 1.03 bits per heavy atom. The first kappa shape index (κ1) is 21.7. The van der Waals surface area contributed by atoms with Gasteiger partial charge in [0.15, 0.2) is 0 Å². The Bertz CT molecular complexity index is 1180. The van der Waals surface area contributed by atoms with E-state index in [9.17, 15) is 9.59 Å². The summed E-state index contributed by atoms with van der Waals surface area (Å²) in [6.07, 6.45) is 3.64. The molecule has 2 amide bonds. The van der Waals surface area contributed by atoms with E-state index in [-0.39, 0.29) is 18.4 Å². The zero-order chi connectivity index (χ0) is 22.6. The first-order valence-electron chi connectivity index (χ1n) is 11.3. The van der Waals surface area contributed by atoms with Crippen molar-refractivity contribution in [3.05, 3.63) is 83.6 Å². The zero-order valence-electron chi connectivity index (χ0n) is 18.4. The van der Waals surface area contributed by atoms with Crippen molar-refractivity contribution in [3.8, 4) is 0 Å². The number of carbonyl (C=O) groups excluding carboxylic acids is 2. The van der Waals surface area contributed by atoms with E-state index in [1.165, 1.54) is 22.9 Å². The van der Waals surface area contributed by atoms with Crippen LogP contribution in [0.3, 0.4) is 0 Å². The Labute approximate surface area is 198 Å². The van der Waals surface area contributed by atoms with E-state index < -0.39 is 0 Å². The Balaban J connectivity index is 1.18. The van der Waals surface area contributed by atoms with Crippen molar-refractivity contribution in [3.63, 3.8) is 0 Å². The van der Waals surface area contributed by atoms with Crippen LogP contribution in [-0.2, 0) is 17.8 Å². The minimum atomic E-state index is -0.197. The van der Waals surface area contributed by atoms with Gasteiger partial charge in [-0.3, -0.25) is 19.4 Å². The third-order valence-electron chi connectivity index (χ3n) is 6.09. The lowest BCUT2D eigenvalue weighted by Gasteiger charge is -2.28. The molecule has 0 atom stereocenters. The third kappa shape index (κ3) is 4.79. The second-order valence-electron chi connectivity index (χ2n) is 8.32. The molecular weight excluding hydrogens is 432 g/mol. The highest BCUT2D eigenvalue weighted by atomic mass is 32.2. The molecule has 5 rings (SSSR count). The van der Waals surface area contributed by atoms with Crippen molar-refractivity contribution in [1.29, 1.82) is 0 Å². The van der Waals surface area contributed by atoms with Crippen LogP contribution in [0.2, 0.25) is 0 Å². The van der Waals surface area contributed by atoms with Gasteiger partial charge in [-0.25, -0.2) is 4.98 Å². The van der Waals surface area contributed by atoms with Gasteiger partial charge >= 0.3 is 0 Å². The average molecular weight is 459 g/mol. The van der Waals surface area contributed by atoms with E-state index in [1.54, 1.807) is 23.2 Å². The van der Waals surface area contributed by atoms with Crippen molar-refractivity contribution < 1.29 is 9.59 Å². The molecule has 0 bridgehead atoms. The molecule has 1 N–H and O–H groups in total. The molecule has 0 spiro atoms. The maximum atomic E-state index is 13.3. The maximum Gasteiger partial charge on any atom is 0.261 e. The summed E-state index contributed by atoms with van der Waals surface area (Å²) in [5.74, 6) is -0.350. The highest BCUT2D eigenvalue weighted by Crippen LogP contribution is 2.39. The van der Waals surface area contributed by atoms with Gasteiger partial charge in [-0.15, -0.1) is 0 Å². The molecule has 3 heterocycles. The topological polar surface area (TPSA) is 65.5 Å². The number of nitrogens with one attached hydrogen (secondary N) is 1. The first-order chi connectivity index (χ1) is 16.2. The summed E-state index contributed by atoms with van der Waals surface area (Å²) >= 11 is 1.46. The quantitative estimate of drug-likeness (QED) is 0.570. The van der Waals surface area contributed by atoms with E-state index >= 15 is 0 Å². The summed E-state index contributed by atoms with van der Waals surface area (Å²) in [5, 5.41) is 3.67. The third-order valence-corrected chi connectivity index (χ3v) is 7.18. The molecule has 0 fully saturated rings. The number of para-hydroxylation sites is 1. The second kappa shape index (κ2) is 9.77. The van der Waals surface area contributed by atoms with Gasteiger partial charge in [-0.2, -0.15) is 0 Å². The van der Waals surface area contributed by atoms with Crippen molar-refractivity contribution in [2.75, 3.05) is 31.1 Å². The van der Waals surface area contributed by atoms with Gasteiger partial charge in [-0.1, -0.05) is 48.2 Å². The monoisotopic (exact) mass is 458 g/mol. The summed E-state index contributed by atoms with van der Waals surface area (Å²) in [6, 6.07) is 19.8. The number of rotatable bonds is 6. The van der Waals surface area contributed by atoms with Crippen LogP contribution >= 0.6 is 11.8 Å². The number of anilines is 1. The van der Waals surface area contributed by atoms with Gasteiger partial charge in [-0.05, 0) is 48.2 Å². The van der Waals surface area contributed by atoms with Gasteiger partial charge in [0.1, 0.15) is 11.6 Å². The van der Waals surface area contributed by atoms with E-state index in [0.717, 1.165) is 43.1 Å². The number of pyridine rings is 1. The molecule has 2 aliphatic rings. The minimum Gasteiger partial charge on any atom is -0.355 e. The molecule has 168 valence electrons. The van der Waals surface area contributed by atoms with Crippen LogP contribution in [0.1, 0.15) is 27.9 Å². The Hall–Kier alpha value is -3.16. The van der Waals surface area contributed by atoms with E-state index in [4.69, 9.17) is 0 Å². The highest BCUT2D eigenvalue weighted by molar-refractivity contribution is 7.99. The van der Waals surface area contributed by atoms with Crippen LogP contribution in [0.15, 0.2) is 76.8 Å². The lowest BCUT2D eigenvalue weighted by molar-refractivity contribution is -0.119. The van der Waals surface area contributed by atoms with E-state index in [1.807, 2.05) is 24.3 Å². The fourth-order valence-electron chi connectivity index (χ4n) is 4.39. The molecule has 3 aromatic rings. The lowest BCUT2D eigenvalue weighted by atomic mass is 10.00. The van der Waals surface area contributed by atoms with Gasteiger partial charge in [0.25, 0.3) is 5.91 Å². The Morgan fingerprint density at radius 3 is 2.76 bits per heavy atom. The van der Waals surface area contributed by atoms with Crippen LogP contribution in [0.4, 0.5) is 5.69 Å². The lowest BCUT2D eigenvalue weighted by Crippen LogP contribution is -2.41. The molecule has 0 saturated heterocycles. The van der Waals surface area contributed by atoms with Gasteiger partial charge in [0.2, 0.25) is 5.91 Å². The van der Waals surface area contributed by atoms with Crippen molar-refractivity contribution >= 4 is 29.3 Å². The number of fused-ring (bicyclic) bond motifs is 3. The molecule has 33 heavy (non-hydrogen) atoms. The summed E-state index contributed by atoms with van der Waals surface area (Å²) < 4.78 is 0. The Kier molecular flexibility index (Phi) is 6.41. The molecular formula is C26H26N4O2S. The van der Waals surface area contributed by atoms with Gasteiger partial charge in [0, 0.05) is 37.3 Å².